The van der Waals surface area contributed by atoms with E-state index in [4.69, 9.17) is 19.8 Å². The van der Waals surface area contributed by atoms with Crippen LogP contribution in [0, 0.1) is 0 Å². The zero-order valence-electron chi connectivity index (χ0n) is 18.2. The SMILES string of the molecule is O=C(CN1CCCCCC1)NC1CCN(C2CCS(=O)(=O)CC2)CC1.O=CO.O=CO. The van der Waals surface area contributed by atoms with Crippen molar-refractivity contribution < 1.29 is 33.0 Å². The van der Waals surface area contributed by atoms with Crippen molar-refractivity contribution in [1.29, 1.82) is 0 Å². The van der Waals surface area contributed by atoms with Crippen molar-refractivity contribution in [2.24, 2.45) is 0 Å². The Bertz CT molecular complexity index is 609. The molecule has 0 unspecified atom stereocenters. The molecular weight excluding hydrogens is 426 g/mol. The normalized spacial score (nSPS) is 23.1. The second kappa shape index (κ2) is 15.1. The highest BCUT2D eigenvalue weighted by molar-refractivity contribution is 7.91. The maximum atomic E-state index is 12.3. The van der Waals surface area contributed by atoms with Crippen LogP contribution in [0.25, 0.3) is 0 Å². The van der Waals surface area contributed by atoms with Crippen LogP contribution in [0.15, 0.2) is 0 Å². The Kier molecular flexibility index (Phi) is 13.3. The molecule has 3 aliphatic heterocycles. The number of nitrogens with one attached hydrogen (secondary N) is 1. The smallest absolute Gasteiger partial charge is 0.290 e. The third kappa shape index (κ3) is 11.5. The Morgan fingerprint density at radius 2 is 1.35 bits per heavy atom. The van der Waals surface area contributed by atoms with Crippen molar-refractivity contribution in [2.45, 2.75) is 63.5 Å². The van der Waals surface area contributed by atoms with Gasteiger partial charge in [-0.05, 0) is 51.6 Å². The predicted octanol–water partition coefficient (Wildman–Crippen LogP) is 0.422. The first-order chi connectivity index (χ1) is 14.8. The molecule has 0 aromatic heterocycles. The van der Waals surface area contributed by atoms with E-state index >= 15 is 0 Å². The summed E-state index contributed by atoms with van der Waals surface area (Å²) in [4.78, 5) is 33.8. The summed E-state index contributed by atoms with van der Waals surface area (Å²) in [5.41, 5.74) is 0. The van der Waals surface area contributed by atoms with Crippen LogP contribution in [-0.4, -0.2) is 104 Å². The van der Waals surface area contributed by atoms with Gasteiger partial charge in [0.15, 0.2) is 0 Å². The number of carbonyl (C=O) groups excluding carboxylic acids is 1. The zero-order valence-corrected chi connectivity index (χ0v) is 19.0. The van der Waals surface area contributed by atoms with Crippen LogP contribution in [0.3, 0.4) is 0 Å². The maximum absolute atomic E-state index is 12.3. The second-order valence-electron chi connectivity index (χ2n) is 8.16. The van der Waals surface area contributed by atoms with E-state index in [2.05, 4.69) is 15.1 Å². The molecule has 180 valence electrons. The number of hydrogen-bond donors (Lipinski definition) is 3. The van der Waals surface area contributed by atoms with E-state index in [1.165, 1.54) is 25.7 Å². The lowest BCUT2D eigenvalue weighted by Crippen LogP contribution is -2.51. The molecule has 0 atom stereocenters. The van der Waals surface area contributed by atoms with Crippen molar-refractivity contribution in [2.75, 3.05) is 44.2 Å². The number of amides is 1. The summed E-state index contributed by atoms with van der Waals surface area (Å²) in [5.74, 6) is 0.845. The number of carboxylic acid groups (broad SMARTS) is 2. The van der Waals surface area contributed by atoms with Crippen molar-refractivity contribution in [3.8, 4) is 0 Å². The molecule has 3 N–H and O–H groups in total. The van der Waals surface area contributed by atoms with Gasteiger partial charge >= 0.3 is 0 Å². The van der Waals surface area contributed by atoms with Crippen LogP contribution >= 0.6 is 0 Å². The molecule has 0 bridgehead atoms. The number of piperidine rings is 1. The van der Waals surface area contributed by atoms with Gasteiger partial charge in [-0.3, -0.25) is 19.3 Å². The minimum Gasteiger partial charge on any atom is -0.483 e. The molecule has 0 aromatic rings. The van der Waals surface area contributed by atoms with Crippen LogP contribution in [0.1, 0.15) is 51.4 Å². The molecule has 0 radical (unpaired) electrons. The Labute approximate surface area is 184 Å². The average molecular weight is 464 g/mol. The minimum absolute atomic E-state index is 0.170. The van der Waals surface area contributed by atoms with Crippen LogP contribution in [-0.2, 0) is 24.2 Å². The van der Waals surface area contributed by atoms with E-state index in [0.29, 0.717) is 24.1 Å². The molecule has 31 heavy (non-hydrogen) atoms. The lowest BCUT2D eigenvalue weighted by atomic mass is 10.0. The molecule has 11 heteroatoms. The second-order valence-corrected chi connectivity index (χ2v) is 10.5. The summed E-state index contributed by atoms with van der Waals surface area (Å²) in [7, 11) is -2.79. The minimum atomic E-state index is -2.79. The monoisotopic (exact) mass is 463 g/mol. The summed E-state index contributed by atoms with van der Waals surface area (Å²) >= 11 is 0. The van der Waals surface area contributed by atoms with Crippen molar-refractivity contribution in [3.63, 3.8) is 0 Å². The fourth-order valence-corrected chi connectivity index (χ4v) is 5.89. The van der Waals surface area contributed by atoms with Gasteiger partial charge in [0.25, 0.3) is 12.9 Å². The molecular formula is C20H37N3O7S. The van der Waals surface area contributed by atoms with Gasteiger partial charge in [-0.15, -0.1) is 0 Å². The van der Waals surface area contributed by atoms with Crippen LogP contribution in [0.5, 0.6) is 0 Å². The van der Waals surface area contributed by atoms with Gasteiger partial charge < -0.3 is 20.4 Å². The van der Waals surface area contributed by atoms with E-state index in [0.717, 1.165) is 51.9 Å². The molecule has 0 aliphatic carbocycles. The molecule has 3 aliphatic rings. The van der Waals surface area contributed by atoms with Crippen molar-refractivity contribution in [3.05, 3.63) is 0 Å². The van der Waals surface area contributed by atoms with Gasteiger partial charge in [-0.2, -0.15) is 0 Å². The van der Waals surface area contributed by atoms with Crippen LogP contribution in [0.4, 0.5) is 0 Å². The highest BCUT2D eigenvalue weighted by Gasteiger charge is 2.30. The molecule has 3 saturated heterocycles. The highest BCUT2D eigenvalue weighted by Crippen LogP contribution is 2.22. The van der Waals surface area contributed by atoms with Gasteiger partial charge in [0.2, 0.25) is 5.91 Å². The fraction of sp³-hybridized carbons (Fsp3) is 0.850. The van der Waals surface area contributed by atoms with Gasteiger partial charge in [0, 0.05) is 25.2 Å². The first-order valence-corrected chi connectivity index (χ1v) is 12.8. The van der Waals surface area contributed by atoms with Gasteiger partial charge in [-0.1, -0.05) is 12.8 Å². The van der Waals surface area contributed by atoms with Crippen LogP contribution in [0.2, 0.25) is 0 Å². The van der Waals surface area contributed by atoms with Gasteiger partial charge in [-0.25, -0.2) is 8.42 Å². The number of nitrogens with zero attached hydrogens (tertiary/aromatic N) is 2. The summed E-state index contributed by atoms with van der Waals surface area (Å²) in [5, 5.41) is 17.0. The third-order valence-electron chi connectivity index (χ3n) is 6.00. The van der Waals surface area contributed by atoms with E-state index in [-0.39, 0.29) is 24.9 Å². The molecule has 3 rings (SSSR count). The molecule has 0 spiro atoms. The highest BCUT2D eigenvalue weighted by atomic mass is 32.2. The quantitative estimate of drug-likeness (QED) is 0.505. The standard InChI is InChI=1S/C18H33N3O3S.2CH2O2/c22-18(15-20-9-3-1-2-4-10-20)19-16-5-11-21(12-6-16)17-7-13-25(23,24)14-8-17;2*2-1-3/h16-17H,1-15H2,(H,19,22);2*1H,(H,2,3). The lowest BCUT2D eigenvalue weighted by Gasteiger charge is -2.39. The van der Waals surface area contributed by atoms with Crippen molar-refractivity contribution in [1.82, 2.24) is 15.1 Å². The summed E-state index contributed by atoms with van der Waals surface area (Å²) in [6.07, 6.45) is 8.51. The predicted molar refractivity (Wildman–Crippen MR) is 117 cm³/mol. The Morgan fingerprint density at radius 3 is 1.84 bits per heavy atom. The summed E-state index contributed by atoms with van der Waals surface area (Å²) in [6.45, 7) is 4.09. The van der Waals surface area contributed by atoms with Gasteiger partial charge in [0.05, 0.1) is 18.1 Å². The maximum Gasteiger partial charge on any atom is 0.290 e. The summed E-state index contributed by atoms with van der Waals surface area (Å²) in [6, 6.07) is 0.695. The Morgan fingerprint density at radius 1 is 0.871 bits per heavy atom. The number of carbonyl (C=O) groups is 3. The molecule has 3 fully saturated rings. The van der Waals surface area contributed by atoms with Gasteiger partial charge in [0.1, 0.15) is 9.84 Å². The Balaban J connectivity index is 0.000000720. The topological polar surface area (TPSA) is 144 Å². The van der Waals surface area contributed by atoms with E-state index in [9.17, 15) is 13.2 Å². The zero-order chi connectivity index (χ0) is 23.1. The van der Waals surface area contributed by atoms with Crippen LogP contribution < -0.4 is 5.32 Å². The molecule has 10 nitrogen and oxygen atoms in total. The number of likely N-dealkylation sites (tertiary alicyclic amines) is 2. The summed E-state index contributed by atoms with van der Waals surface area (Å²) < 4.78 is 23.1. The molecule has 1 amide bonds. The van der Waals surface area contributed by atoms with E-state index in [1.54, 1.807) is 0 Å². The Hall–Kier alpha value is -1.72. The number of sulfone groups is 1. The molecule has 0 saturated carbocycles. The first-order valence-electron chi connectivity index (χ1n) is 11.0. The van der Waals surface area contributed by atoms with E-state index < -0.39 is 9.84 Å². The lowest BCUT2D eigenvalue weighted by molar-refractivity contribution is -0.124. The number of rotatable bonds is 4. The molecule has 0 aromatic carbocycles. The number of hydrogen-bond acceptors (Lipinski definition) is 7. The third-order valence-corrected chi connectivity index (χ3v) is 7.72. The van der Waals surface area contributed by atoms with E-state index in [1.807, 2.05) is 0 Å². The largest absolute Gasteiger partial charge is 0.483 e. The first kappa shape index (κ1) is 27.3. The average Bonchev–Trinajstić information content (AvgIpc) is 2.98. The van der Waals surface area contributed by atoms with Crippen molar-refractivity contribution >= 4 is 28.7 Å². The molecule has 3 heterocycles. The fourth-order valence-electron chi connectivity index (χ4n) is 4.42.